The number of benzene rings is 1. The molecule has 0 amide bonds. The monoisotopic (exact) mass is 320 g/mol. The van der Waals surface area contributed by atoms with Crippen molar-refractivity contribution >= 4 is 16.6 Å². The first kappa shape index (κ1) is 16.1. The number of nitrogens with one attached hydrogen (secondary N) is 1. The van der Waals surface area contributed by atoms with Crippen molar-refractivity contribution in [1.29, 1.82) is 0 Å². The first-order chi connectivity index (χ1) is 11.0. The molecule has 0 unspecified atom stereocenters. The largest absolute Gasteiger partial charge is 0.382 e. The summed E-state index contributed by atoms with van der Waals surface area (Å²) in [5, 5.41) is 3.91. The number of anilines is 1. The predicted molar refractivity (Wildman–Crippen MR) is 87.5 cm³/mol. The van der Waals surface area contributed by atoms with Gasteiger partial charge in [-0.05, 0) is 51.7 Å². The van der Waals surface area contributed by atoms with Crippen LogP contribution >= 0.6 is 0 Å². The van der Waals surface area contributed by atoms with Gasteiger partial charge in [-0.15, -0.1) is 0 Å². The van der Waals surface area contributed by atoms with Gasteiger partial charge in [0.2, 0.25) is 0 Å². The first-order valence-corrected chi connectivity index (χ1v) is 8.18. The molecule has 1 aliphatic rings. The van der Waals surface area contributed by atoms with E-state index in [0.717, 1.165) is 37.4 Å². The quantitative estimate of drug-likeness (QED) is 0.889. The number of aromatic nitrogens is 1. The van der Waals surface area contributed by atoms with Crippen LogP contribution in [0.3, 0.4) is 0 Å². The van der Waals surface area contributed by atoms with Gasteiger partial charge in [0.1, 0.15) is 11.3 Å². The van der Waals surface area contributed by atoms with Gasteiger partial charge >= 0.3 is 0 Å². The van der Waals surface area contributed by atoms with Gasteiger partial charge in [-0.3, -0.25) is 4.98 Å². The highest BCUT2D eigenvalue weighted by atomic mass is 19.1. The van der Waals surface area contributed by atoms with E-state index in [2.05, 4.69) is 24.1 Å². The molecule has 1 heterocycles. The fourth-order valence-electron chi connectivity index (χ4n) is 3.25. The van der Waals surface area contributed by atoms with E-state index in [1.807, 2.05) is 0 Å². The van der Waals surface area contributed by atoms with Gasteiger partial charge < -0.3 is 10.1 Å². The Morgan fingerprint density at radius 1 is 1.17 bits per heavy atom. The topological polar surface area (TPSA) is 34.1 Å². The van der Waals surface area contributed by atoms with Gasteiger partial charge in [0.15, 0.2) is 5.82 Å². The van der Waals surface area contributed by atoms with Gasteiger partial charge in [-0.2, -0.15) is 0 Å². The lowest BCUT2D eigenvalue weighted by Crippen LogP contribution is -2.31. The molecular formula is C18H22F2N2O. The van der Waals surface area contributed by atoms with Gasteiger partial charge in [0.25, 0.3) is 0 Å². The molecule has 1 saturated carbocycles. The maximum Gasteiger partial charge on any atom is 0.152 e. The van der Waals surface area contributed by atoms with Crippen LogP contribution in [0.25, 0.3) is 10.9 Å². The van der Waals surface area contributed by atoms with Crippen LogP contribution < -0.4 is 5.32 Å². The second-order valence-corrected chi connectivity index (χ2v) is 6.45. The van der Waals surface area contributed by atoms with E-state index in [4.69, 9.17) is 4.74 Å². The van der Waals surface area contributed by atoms with E-state index in [1.54, 1.807) is 12.3 Å². The summed E-state index contributed by atoms with van der Waals surface area (Å²) in [6, 6.07) is 4.27. The number of halogens is 2. The molecule has 1 fully saturated rings. The molecule has 0 radical (unpaired) electrons. The number of hydrogen-bond acceptors (Lipinski definition) is 3. The van der Waals surface area contributed by atoms with Crippen LogP contribution in [0.1, 0.15) is 39.5 Å². The Bertz CT molecular complexity index is 682. The average Bonchev–Trinajstić information content (AvgIpc) is 2.49. The number of nitrogens with zero attached hydrogens (tertiary/aromatic N) is 1. The molecule has 1 aromatic carbocycles. The van der Waals surface area contributed by atoms with Crippen molar-refractivity contribution in [2.75, 3.05) is 5.32 Å². The summed E-state index contributed by atoms with van der Waals surface area (Å²) in [5.74, 6) is -1.21. The van der Waals surface area contributed by atoms with E-state index in [0.29, 0.717) is 17.5 Å². The predicted octanol–water partition coefficient (Wildman–Crippen LogP) is 4.66. The SMILES string of the molecule is CC(C)OC1CCC(Nc2ccnc3c(F)cc(F)cc23)CC1. The smallest absolute Gasteiger partial charge is 0.152 e. The van der Waals surface area contributed by atoms with Crippen molar-refractivity contribution in [2.45, 2.75) is 57.8 Å². The molecule has 2 aromatic rings. The van der Waals surface area contributed by atoms with Crippen LogP contribution in [0.2, 0.25) is 0 Å². The van der Waals surface area contributed by atoms with Crippen LogP contribution in [-0.2, 0) is 4.74 Å². The zero-order chi connectivity index (χ0) is 16.4. The van der Waals surface area contributed by atoms with Gasteiger partial charge in [-0.1, -0.05) is 0 Å². The molecule has 0 atom stereocenters. The van der Waals surface area contributed by atoms with Gasteiger partial charge in [0.05, 0.1) is 12.2 Å². The van der Waals surface area contributed by atoms with E-state index < -0.39 is 11.6 Å². The minimum absolute atomic E-state index is 0.202. The fraction of sp³-hybridized carbons (Fsp3) is 0.500. The molecule has 124 valence electrons. The summed E-state index contributed by atoms with van der Waals surface area (Å²) in [6.45, 7) is 4.10. The second kappa shape index (κ2) is 6.79. The summed E-state index contributed by atoms with van der Waals surface area (Å²) in [6.07, 6.45) is 6.09. The Morgan fingerprint density at radius 3 is 2.61 bits per heavy atom. The molecule has 23 heavy (non-hydrogen) atoms. The molecule has 0 spiro atoms. The van der Waals surface area contributed by atoms with Crippen LogP contribution in [0.5, 0.6) is 0 Å². The molecule has 0 saturated heterocycles. The van der Waals surface area contributed by atoms with Crippen LogP contribution in [0.15, 0.2) is 24.4 Å². The summed E-state index contributed by atoms with van der Waals surface area (Å²) in [5.41, 5.74) is 0.940. The van der Waals surface area contributed by atoms with Gasteiger partial charge in [0, 0.05) is 29.4 Å². The highest BCUT2D eigenvalue weighted by molar-refractivity contribution is 5.91. The lowest BCUT2D eigenvalue weighted by Gasteiger charge is -2.31. The van der Waals surface area contributed by atoms with Crippen molar-refractivity contribution in [3.63, 3.8) is 0 Å². The van der Waals surface area contributed by atoms with Gasteiger partial charge in [-0.25, -0.2) is 8.78 Å². The zero-order valence-electron chi connectivity index (χ0n) is 13.5. The van der Waals surface area contributed by atoms with Crippen molar-refractivity contribution in [1.82, 2.24) is 4.98 Å². The average molecular weight is 320 g/mol. The van der Waals surface area contributed by atoms with Crippen molar-refractivity contribution in [2.24, 2.45) is 0 Å². The van der Waals surface area contributed by atoms with Crippen LogP contribution in [-0.4, -0.2) is 23.2 Å². The summed E-state index contributed by atoms with van der Waals surface area (Å²) in [4.78, 5) is 4.02. The van der Waals surface area contributed by atoms with E-state index in [1.165, 1.54) is 6.07 Å². The minimum atomic E-state index is -0.627. The zero-order valence-corrected chi connectivity index (χ0v) is 13.5. The first-order valence-electron chi connectivity index (χ1n) is 8.18. The highest BCUT2D eigenvalue weighted by Gasteiger charge is 2.23. The lowest BCUT2D eigenvalue weighted by atomic mass is 9.92. The molecule has 0 bridgehead atoms. The summed E-state index contributed by atoms with van der Waals surface area (Å²) < 4.78 is 33.2. The Hall–Kier alpha value is -1.75. The second-order valence-electron chi connectivity index (χ2n) is 6.45. The molecule has 1 N–H and O–H groups in total. The Kier molecular flexibility index (Phi) is 4.76. The Balaban J connectivity index is 1.73. The summed E-state index contributed by atoms with van der Waals surface area (Å²) >= 11 is 0. The molecule has 5 heteroatoms. The molecule has 1 aliphatic carbocycles. The van der Waals surface area contributed by atoms with E-state index in [9.17, 15) is 8.78 Å². The maximum atomic E-state index is 13.8. The Labute approximate surface area is 135 Å². The molecular weight excluding hydrogens is 298 g/mol. The number of fused-ring (bicyclic) bond motifs is 1. The lowest BCUT2D eigenvalue weighted by molar-refractivity contribution is -0.0133. The van der Waals surface area contributed by atoms with E-state index in [-0.39, 0.29) is 11.6 Å². The third kappa shape index (κ3) is 3.78. The van der Waals surface area contributed by atoms with Crippen molar-refractivity contribution in [3.8, 4) is 0 Å². The third-order valence-corrected chi connectivity index (χ3v) is 4.26. The van der Waals surface area contributed by atoms with Crippen LogP contribution in [0.4, 0.5) is 14.5 Å². The van der Waals surface area contributed by atoms with Crippen LogP contribution in [0, 0.1) is 11.6 Å². The highest BCUT2D eigenvalue weighted by Crippen LogP contribution is 2.29. The molecule has 3 nitrogen and oxygen atoms in total. The van der Waals surface area contributed by atoms with Crippen molar-refractivity contribution < 1.29 is 13.5 Å². The number of hydrogen-bond donors (Lipinski definition) is 1. The molecule has 3 rings (SSSR count). The minimum Gasteiger partial charge on any atom is -0.382 e. The molecule has 0 aliphatic heterocycles. The fourth-order valence-corrected chi connectivity index (χ4v) is 3.25. The number of ether oxygens (including phenoxy) is 1. The Morgan fingerprint density at radius 2 is 1.91 bits per heavy atom. The maximum absolute atomic E-state index is 13.8. The molecule has 1 aromatic heterocycles. The van der Waals surface area contributed by atoms with Crippen molar-refractivity contribution in [3.05, 3.63) is 36.0 Å². The van der Waals surface area contributed by atoms with E-state index >= 15 is 0 Å². The number of rotatable bonds is 4. The normalized spacial score (nSPS) is 21.8. The third-order valence-electron chi connectivity index (χ3n) is 4.26. The number of pyridine rings is 1. The standard InChI is InChI=1S/C18H22F2N2O/c1-11(2)23-14-5-3-13(4-6-14)22-17-7-8-21-18-15(17)9-12(19)10-16(18)20/h7-11,13-14H,3-6H2,1-2H3,(H,21,22). The summed E-state index contributed by atoms with van der Waals surface area (Å²) in [7, 11) is 0.